The van der Waals surface area contributed by atoms with Gasteiger partial charge in [0.15, 0.2) is 0 Å². The first-order chi connectivity index (χ1) is 9.65. The molecule has 1 aromatic heterocycles. The summed E-state index contributed by atoms with van der Waals surface area (Å²) in [6, 6.07) is 10.3. The van der Waals surface area contributed by atoms with E-state index < -0.39 is 0 Å². The summed E-state index contributed by atoms with van der Waals surface area (Å²) in [5.74, 6) is 1.82. The van der Waals surface area contributed by atoms with Crippen molar-refractivity contribution in [1.82, 2.24) is 5.32 Å². The van der Waals surface area contributed by atoms with Crippen LogP contribution in [0.3, 0.4) is 0 Å². The Morgan fingerprint density at radius 3 is 2.55 bits per heavy atom. The summed E-state index contributed by atoms with van der Waals surface area (Å²) >= 11 is 1.69. The number of nitrogens with one attached hydrogen (secondary N) is 1. The molecule has 1 aromatic carbocycles. The number of hydrogen-bond acceptors (Lipinski definition) is 4. The fraction of sp³-hybridized carbons (Fsp3) is 0.375. The van der Waals surface area contributed by atoms with Crippen LogP contribution in [0.5, 0.6) is 11.5 Å². The first kappa shape index (κ1) is 14.9. The maximum atomic E-state index is 5.92. The van der Waals surface area contributed by atoms with E-state index in [1.165, 1.54) is 4.88 Å². The average molecular weight is 291 g/mol. The van der Waals surface area contributed by atoms with Gasteiger partial charge >= 0.3 is 0 Å². The van der Waals surface area contributed by atoms with Gasteiger partial charge in [-0.1, -0.05) is 18.2 Å². The molecule has 3 nitrogen and oxygen atoms in total. The number of para-hydroxylation sites is 1. The molecule has 4 heteroatoms. The Kier molecular flexibility index (Phi) is 5.04. The van der Waals surface area contributed by atoms with Crippen LogP contribution in [0.4, 0.5) is 0 Å². The molecular formula is C16H21NO2S. The Hall–Kier alpha value is -1.52. The van der Waals surface area contributed by atoms with Crippen molar-refractivity contribution >= 4 is 11.3 Å². The van der Waals surface area contributed by atoms with Crippen LogP contribution in [0.1, 0.15) is 30.3 Å². The van der Waals surface area contributed by atoms with E-state index in [-0.39, 0.29) is 12.1 Å². The van der Waals surface area contributed by atoms with Crippen molar-refractivity contribution in [3.8, 4) is 11.5 Å². The molecule has 1 heterocycles. The van der Waals surface area contributed by atoms with Gasteiger partial charge in [-0.2, -0.15) is 0 Å². The summed E-state index contributed by atoms with van der Waals surface area (Å²) in [4.78, 5) is 1.21. The Labute approximate surface area is 124 Å². The number of hydrogen-bond donors (Lipinski definition) is 1. The minimum atomic E-state index is 0.110. The summed E-state index contributed by atoms with van der Waals surface area (Å²) in [5.41, 5.74) is 1.15. The Bertz CT molecular complexity index is 551. The molecule has 20 heavy (non-hydrogen) atoms. The van der Waals surface area contributed by atoms with Crippen LogP contribution in [0.2, 0.25) is 0 Å². The third kappa shape index (κ3) is 3.32. The molecule has 1 N–H and O–H groups in total. The molecule has 0 aliphatic carbocycles. The molecule has 0 saturated heterocycles. The SMILES string of the molecule is CNC(c1cc(OC)cs1)c1ccccc1OC(C)C. The molecule has 0 saturated carbocycles. The third-order valence-electron chi connectivity index (χ3n) is 3.00. The van der Waals surface area contributed by atoms with Gasteiger partial charge in [-0.15, -0.1) is 11.3 Å². The number of rotatable bonds is 6. The summed E-state index contributed by atoms with van der Waals surface area (Å²) in [7, 11) is 3.65. The van der Waals surface area contributed by atoms with Crippen LogP contribution in [0.15, 0.2) is 35.7 Å². The van der Waals surface area contributed by atoms with Crippen LogP contribution >= 0.6 is 11.3 Å². The highest BCUT2D eigenvalue weighted by Crippen LogP contribution is 2.35. The quantitative estimate of drug-likeness (QED) is 0.877. The molecular weight excluding hydrogens is 270 g/mol. The van der Waals surface area contributed by atoms with E-state index >= 15 is 0 Å². The zero-order valence-electron chi connectivity index (χ0n) is 12.3. The van der Waals surface area contributed by atoms with Crippen molar-refractivity contribution in [3.05, 3.63) is 46.2 Å². The van der Waals surface area contributed by atoms with Gasteiger partial charge in [-0.05, 0) is 33.0 Å². The predicted octanol–water partition coefficient (Wildman–Crippen LogP) is 3.85. The fourth-order valence-electron chi connectivity index (χ4n) is 2.12. The van der Waals surface area contributed by atoms with E-state index in [2.05, 4.69) is 17.4 Å². The Morgan fingerprint density at radius 2 is 1.95 bits per heavy atom. The molecule has 2 aromatic rings. The van der Waals surface area contributed by atoms with Crippen molar-refractivity contribution in [1.29, 1.82) is 0 Å². The Balaban J connectivity index is 2.36. The second-order valence-electron chi connectivity index (χ2n) is 4.82. The zero-order valence-corrected chi connectivity index (χ0v) is 13.2. The predicted molar refractivity (Wildman–Crippen MR) is 84.0 cm³/mol. The number of ether oxygens (including phenoxy) is 2. The van der Waals surface area contributed by atoms with Gasteiger partial charge in [0, 0.05) is 15.8 Å². The van der Waals surface area contributed by atoms with Crippen molar-refractivity contribution in [2.75, 3.05) is 14.2 Å². The molecule has 0 radical (unpaired) electrons. The largest absolute Gasteiger partial charge is 0.496 e. The first-order valence-electron chi connectivity index (χ1n) is 6.71. The lowest BCUT2D eigenvalue weighted by molar-refractivity contribution is 0.239. The van der Waals surface area contributed by atoms with Gasteiger partial charge in [-0.3, -0.25) is 0 Å². The highest BCUT2D eigenvalue weighted by atomic mass is 32.1. The van der Waals surface area contributed by atoms with Gasteiger partial charge in [0.1, 0.15) is 11.5 Å². The van der Waals surface area contributed by atoms with Gasteiger partial charge in [0.2, 0.25) is 0 Å². The second-order valence-corrected chi connectivity index (χ2v) is 5.76. The number of thiophene rings is 1. The lowest BCUT2D eigenvalue weighted by atomic mass is 10.0. The zero-order chi connectivity index (χ0) is 14.5. The van der Waals surface area contributed by atoms with E-state index in [0.29, 0.717) is 0 Å². The summed E-state index contributed by atoms with van der Waals surface area (Å²) < 4.78 is 11.2. The molecule has 0 bridgehead atoms. The molecule has 0 spiro atoms. The van der Waals surface area contributed by atoms with Crippen molar-refractivity contribution < 1.29 is 9.47 Å². The van der Waals surface area contributed by atoms with Gasteiger partial charge < -0.3 is 14.8 Å². The highest BCUT2D eigenvalue weighted by Gasteiger charge is 2.19. The summed E-state index contributed by atoms with van der Waals surface area (Å²) in [6.07, 6.45) is 0.159. The highest BCUT2D eigenvalue weighted by molar-refractivity contribution is 7.10. The third-order valence-corrected chi connectivity index (χ3v) is 3.97. The van der Waals surface area contributed by atoms with Gasteiger partial charge in [0.05, 0.1) is 19.3 Å². The maximum absolute atomic E-state index is 5.92. The maximum Gasteiger partial charge on any atom is 0.129 e. The van der Waals surface area contributed by atoms with Crippen molar-refractivity contribution in [3.63, 3.8) is 0 Å². The van der Waals surface area contributed by atoms with Crippen molar-refractivity contribution in [2.24, 2.45) is 0 Å². The molecule has 2 rings (SSSR count). The smallest absolute Gasteiger partial charge is 0.129 e. The minimum absolute atomic E-state index is 0.110. The molecule has 0 fully saturated rings. The molecule has 0 aliphatic heterocycles. The van der Waals surface area contributed by atoms with Crippen LogP contribution < -0.4 is 14.8 Å². The molecule has 108 valence electrons. The molecule has 1 atom stereocenters. The topological polar surface area (TPSA) is 30.5 Å². The van der Waals surface area contributed by atoms with E-state index in [4.69, 9.17) is 9.47 Å². The van der Waals surface area contributed by atoms with Crippen LogP contribution in [0, 0.1) is 0 Å². The van der Waals surface area contributed by atoms with E-state index in [1.807, 2.05) is 44.5 Å². The summed E-state index contributed by atoms with van der Waals surface area (Å²) in [6.45, 7) is 4.08. The van der Waals surface area contributed by atoms with E-state index in [9.17, 15) is 0 Å². The second kappa shape index (κ2) is 6.77. The standard InChI is InChI=1S/C16H21NO2S/c1-11(2)19-14-8-6-5-7-13(14)16(17-3)15-9-12(18-4)10-20-15/h5-11,16-17H,1-4H3. The van der Waals surface area contributed by atoms with E-state index in [1.54, 1.807) is 18.4 Å². The first-order valence-corrected chi connectivity index (χ1v) is 7.59. The number of methoxy groups -OCH3 is 1. The van der Waals surface area contributed by atoms with Gasteiger partial charge in [0.25, 0.3) is 0 Å². The molecule has 1 unspecified atom stereocenters. The molecule has 0 aliphatic rings. The monoisotopic (exact) mass is 291 g/mol. The normalized spacial score (nSPS) is 12.4. The van der Waals surface area contributed by atoms with Crippen molar-refractivity contribution in [2.45, 2.75) is 26.0 Å². The Morgan fingerprint density at radius 1 is 1.20 bits per heavy atom. The minimum Gasteiger partial charge on any atom is -0.496 e. The summed E-state index contributed by atoms with van der Waals surface area (Å²) in [5, 5.41) is 5.38. The van der Waals surface area contributed by atoms with Crippen LogP contribution in [0.25, 0.3) is 0 Å². The average Bonchev–Trinajstić information content (AvgIpc) is 2.90. The molecule has 0 amide bonds. The lowest BCUT2D eigenvalue weighted by Crippen LogP contribution is -2.18. The van der Waals surface area contributed by atoms with Crippen LogP contribution in [-0.2, 0) is 0 Å². The van der Waals surface area contributed by atoms with E-state index in [0.717, 1.165) is 17.1 Å². The van der Waals surface area contributed by atoms with Crippen LogP contribution in [-0.4, -0.2) is 20.3 Å². The van der Waals surface area contributed by atoms with Gasteiger partial charge in [-0.25, -0.2) is 0 Å². The number of benzene rings is 1. The lowest BCUT2D eigenvalue weighted by Gasteiger charge is -2.20. The fourth-order valence-corrected chi connectivity index (χ4v) is 3.11.